The summed E-state index contributed by atoms with van der Waals surface area (Å²) >= 11 is 0. The maximum Gasteiger partial charge on any atom is 0.177 e. The molecule has 16 heavy (non-hydrogen) atoms. The zero-order valence-corrected chi connectivity index (χ0v) is 9.40. The Morgan fingerprint density at radius 2 is 2.38 bits per heavy atom. The van der Waals surface area contributed by atoms with Gasteiger partial charge in [-0.05, 0) is 37.8 Å². The van der Waals surface area contributed by atoms with E-state index in [1.807, 2.05) is 13.1 Å². The maximum absolute atomic E-state index is 5.78. The van der Waals surface area contributed by atoms with Crippen LogP contribution in [0.15, 0.2) is 12.3 Å². The molecule has 1 aliphatic rings. The van der Waals surface area contributed by atoms with E-state index in [0.29, 0.717) is 5.92 Å². The van der Waals surface area contributed by atoms with Gasteiger partial charge in [-0.2, -0.15) is 0 Å². The van der Waals surface area contributed by atoms with Gasteiger partial charge in [0.25, 0.3) is 0 Å². The first-order valence-electron chi connectivity index (χ1n) is 5.82. The van der Waals surface area contributed by atoms with Crippen LogP contribution < -0.4 is 5.73 Å². The highest BCUT2D eigenvalue weighted by Crippen LogP contribution is 2.38. The molecule has 1 unspecified atom stereocenters. The van der Waals surface area contributed by atoms with E-state index in [1.54, 1.807) is 0 Å². The molecule has 2 heterocycles. The molecule has 2 aromatic heterocycles. The third kappa shape index (κ3) is 1.80. The normalized spacial score (nSPS) is 17.9. The lowest BCUT2D eigenvalue weighted by Crippen LogP contribution is -2.17. The van der Waals surface area contributed by atoms with Crippen LogP contribution in [0.3, 0.4) is 0 Å². The number of hydrogen-bond donors (Lipinski definition) is 2. The Bertz CT molecular complexity index is 511. The summed E-state index contributed by atoms with van der Waals surface area (Å²) in [5.74, 6) is 1.74. The number of nitrogens with zero attached hydrogens (tertiary/aromatic N) is 2. The summed E-state index contributed by atoms with van der Waals surface area (Å²) in [5, 5.41) is 0. The minimum absolute atomic E-state index is 0.171. The minimum atomic E-state index is 0.171. The molecule has 3 N–H and O–H groups in total. The largest absolute Gasteiger partial charge is 0.340 e. The Kier molecular flexibility index (Phi) is 2.17. The Morgan fingerprint density at radius 1 is 1.56 bits per heavy atom. The number of hydrogen-bond acceptors (Lipinski definition) is 3. The highest BCUT2D eigenvalue weighted by atomic mass is 15.0. The summed E-state index contributed by atoms with van der Waals surface area (Å²) in [6, 6.07) is 2.29. The van der Waals surface area contributed by atoms with Gasteiger partial charge in [0.05, 0.1) is 5.52 Å². The number of aromatic nitrogens is 3. The fourth-order valence-electron chi connectivity index (χ4n) is 2.00. The van der Waals surface area contributed by atoms with Gasteiger partial charge in [-0.25, -0.2) is 9.97 Å². The Hall–Kier alpha value is -1.42. The summed E-state index contributed by atoms with van der Waals surface area (Å²) in [6.07, 6.45) is 5.25. The zero-order valence-electron chi connectivity index (χ0n) is 9.40. The number of aromatic amines is 1. The van der Waals surface area contributed by atoms with E-state index in [9.17, 15) is 0 Å². The first-order chi connectivity index (χ1) is 7.72. The lowest BCUT2D eigenvalue weighted by atomic mass is 10.1. The summed E-state index contributed by atoms with van der Waals surface area (Å²) in [5.41, 5.74) is 8.82. The number of rotatable bonds is 3. The molecule has 2 aromatic rings. The summed E-state index contributed by atoms with van der Waals surface area (Å²) in [6.45, 7) is 2.01. The molecule has 0 saturated heterocycles. The number of nitrogens with two attached hydrogens (primary N) is 1. The lowest BCUT2D eigenvalue weighted by Gasteiger charge is -2.03. The van der Waals surface area contributed by atoms with E-state index in [-0.39, 0.29) is 6.04 Å². The van der Waals surface area contributed by atoms with Crippen molar-refractivity contribution in [2.45, 2.75) is 38.1 Å². The molecule has 3 rings (SSSR count). The molecular formula is C12H16N4. The van der Waals surface area contributed by atoms with Crippen LogP contribution in [0.1, 0.15) is 37.1 Å². The molecular weight excluding hydrogens is 200 g/mol. The van der Waals surface area contributed by atoms with Gasteiger partial charge in [-0.15, -0.1) is 0 Å². The minimum Gasteiger partial charge on any atom is -0.340 e. The second-order valence-corrected chi connectivity index (χ2v) is 4.79. The number of pyridine rings is 1. The molecule has 0 amide bonds. The maximum atomic E-state index is 5.78. The zero-order chi connectivity index (χ0) is 11.1. The SMILES string of the molecule is CC(N)Cc1cnc2nc(C3CC3)[nH]c2c1. The molecule has 1 aliphatic carbocycles. The molecule has 1 fully saturated rings. The number of imidazole rings is 1. The van der Waals surface area contributed by atoms with Crippen LogP contribution in [0.5, 0.6) is 0 Å². The Labute approximate surface area is 94.3 Å². The molecule has 0 aliphatic heterocycles. The van der Waals surface area contributed by atoms with E-state index in [1.165, 1.54) is 18.4 Å². The Morgan fingerprint density at radius 3 is 3.06 bits per heavy atom. The average Bonchev–Trinajstić information content (AvgIpc) is 2.98. The second-order valence-electron chi connectivity index (χ2n) is 4.79. The van der Waals surface area contributed by atoms with Crippen LogP contribution in [-0.4, -0.2) is 21.0 Å². The molecule has 84 valence electrons. The Balaban J connectivity index is 1.96. The van der Waals surface area contributed by atoms with Crippen LogP contribution in [0.4, 0.5) is 0 Å². The van der Waals surface area contributed by atoms with Crippen molar-refractivity contribution < 1.29 is 0 Å². The van der Waals surface area contributed by atoms with E-state index >= 15 is 0 Å². The summed E-state index contributed by atoms with van der Waals surface area (Å²) < 4.78 is 0. The lowest BCUT2D eigenvalue weighted by molar-refractivity contribution is 0.736. The van der Waals surface area contributed by atoms with Crippen LogP contribution in [0.25, 0.3) is 11.2 Å². The third-order valence-corrected chi connectivity index (χ3v) is 2.93. The monoisotopic (exact) mass is 216 g/mol. The quantitative estimate of drug-likeness (QED) is 0.821. The van der Waals surface area contributed by atoms with Gasteiger partial charge in [-0.3, -0.25) is 0 Å². The average molecular weight is 216 g/mol. The first kappa shape index (κ1) is 9.78. The number of H-pyrrole nitrogens is 1. The highest BCUT2D eigenvalue weighted by Gasteiger charge is 2.26. The fraction of sp³-hybridized carbons (Fsp3) is 0.500. The molecule has 1 saturated carbocycles. The van der Waals surface area contributed by atoms with E-state index in [2.05, 4.69) is 21.0 Å². The van der Waals surface area contributed by atoms with Crippen molar-refractivity contribution in [2.75, 3.05) is 0 Å². The van der Waals surface area contributed by atoms with Crippen molar-refractivity contribution in [2.24, 2.45) is 5.73 Å². The van der Waals surface area contributed by atoms with Gasteiger partial charge in [0.15, 0.2) is 5.65 Å². The van der Waals surface area contributed by atoms with Crippen molar-refractivity contribution >= 4 is 11.2 Å². The second kappa shape index (κ2) is 3.56. The molecule has 0 bridgehead atoms. The highest BCUT2D eigenvalue weighted by molar-refractivity contribution is 5.71. The van der Waals surface area contributed by atoms with Crippen molar-refractivity contribution in [1.82, 2.24) is 15.0 Å². The van der Waals surface area contributed by atoms with Gasteiger partial charge >= 0.3 is 0 Å². The van der Waals surface area contributed by atoms with Crippen LogP contribution >= 0.6 is 0 Å². The molecule has 4 heteroatoms. The summed E-state index contributed by atoms with van der Waals surface area (Å²) in [4.78, 5) is 12.2. The van der Waals surface area contributed by atoms with Crippen LogP contribution in [0.2, 0.25) is 0 Å². The predicted molar refractivity (Wildman–Crippen MR) is 63.2 cm³/mol. The van der Waals surface area contributed by atoms with Gasteiger partial charge in [0, 0.05) is 18.2 Å². The standard InChI is InChI=1S/C12H16N4/c1-7(13)4-8-5-10-12(14-6-8)16-11(15-10)9-2-3-9/h5-7,9H,2-4,13H2,1H3,(H,14,15,16). The van der Waals surface area contributed by atoms with Crippen molar-refractivity contribution in [3.05, 3.63) is 23.7 Å². The smallest absolute Gasteiger partial charge is 0.177 e. The summed E-state index contributed by atoms with van der Waals surface area (Å²) in [7, 11) is 0. The van der Waals surface area contributed by atoms with Crippen molar-refractivity contribution in [3.8, 4) is 0 Å². The molecule has 0 spiro atoms. The fourth-order valence-corrected chi connectivity index (χ4v) is 2.00. The van der Waals surface area contributed by atoms with E-state index in [0.717, 1.165) is 23.4 Å². The molecule has 0 radical (unpaired) electrons. The first-order valence-corrected chi connectivity index (χ1v) is 5.82. The van der Waals surface area contributed by atoms with E-state index in [4.69, 9.17) is 5.73 Å². The van der Waals surface area contributed by atoms with Gasteiger partial charge < -0.3 is 10.7 Å². The molecule has 4 nitrogen and oxygen atoms in total. The van der Waals surface area contributed by atoms with Gasteiger partial charge in [0.1, 0.15) is 5.82 Å². The van der Waals surface area contributed by atoms with Crippen LogP contribution in [0, 0.1) is 0 Å². The van der Waals surface area contributed by atoms with Gasteiger partial charge in [0.2, 0.25) is 0 Å². The van der Waals surface area contributed by atoms with Gasteiger partial charge in [-0.1, -0.05) is 0 Å². The molecule has 1 atom stereocenters. The van der Waals surface area contributed by atoms with Crippen LogP contribution in [-0.2, 0) is 6.42 Å². The van der Waals surface area contributed by atoms with Crippen molar-refractivity contribution in [3.63, 3.8) is 0 Å². The number of nitrogens with one attached hydrogen (secondary N) is 1. The third-order valence-electron chi connectivity index (χ3n) is 2.93. The predicted octanol–water partition coefficient (Wildman–Crippen LogP) is 1.73. The molecule has 0 aromatic carbocycles. The van der Waals surface area contributed by atoms with E-state index < -0.39 is 0 Å². The van der Waals surface area contributed by atoms with Crippen molar-refractivity contribution in [1.29, 1.82) is 0 Å². The topological polar surface area (TPSA) is 67.6 Å². The number of fused-ring (bicyclic) bond motifs is 1.